The van der Waals surface area contributed by atoms with E-state index < -0.39 is 11.6 Å². The van der Waals surface area contributed by atoms with Crippen LogP contribution >= 0.6 is 23.1 Å². The lowest BCUT2D eigenvalue weighted by atomic mass is 10.2. The van der Waals surface area contributed by atoms with Crippen LogP contribution in [0, 0.1) is 11.6 Å². The van der Waals surface area contributed by atoms with E-state index in [0.29, 0.717) is 22.1 Å². The van der Waals surface area contributed by atoms with E-state index in [4.69, 9.17) is 0 Å². The molecule has 1 heterocycles. The molecule has 0 saturated carbocycles. The van der Waals surface area contributed by atoms with Gasteiger partial charge >= 0.3 is 0 Å². The Balaban J connectivity index is 1.54. The third kappa shape index (κ3) is 4.87. The Labute approximate surface area is 152 Å². The van der Waals surface area contributed by atoms with Gasteiger partial charge in [0.05, 0.1) is 11.4 Å². The summed E-state index contributed by atoms with van der Waals surface area (Å²) in [7, 11) is 0. The minimum atomic E-state index is -0.923. The summed E-state index contributed by atoms with van der Waals surface area (Å²) in [6.07, 6.45) is 0. The monoisotopic (exact) mass is 376 g/mol. The zero-order valence-electron chi connectivity index (χ0n) is 13.0. The van der Waals surface area contributed by atoms with Gasteiger partial charge in [0.15, 0.2) is 16.8 Å². The molecule has 128 valence electrons. The molecule has 7 heteroatoms. The van der Waals surface area contributed by atoms with Gasteiger partial charge in [0.2, 0.25) is 5.91 Å². The molecule has 0 unspecified atom stereocenters. The highest BCUT2D eigenvalue weighted by Crippen LogP contribution is 2.26. The average molecular weight is 376 g/mol. The van der Waals surface area contributed by atoms with Gasteiger partial charge in [-0.15, -0.1) is 23.1 Å². The summed E-state index contributed by atoms with van der Waals surface area (Å²) in [4.78, 5) is 16.2. The van der Waals surface area contributed by atoms with Gasteiger partial charge in [0.1, 0.15) is 0 Å². The highest BCUT2D eigenvalue weighted by Gasteiger charge is 2.10. The maximum atomic E-state index is 13.3. The highest BCUT2D eigenvalue weighted by molar-refractivity contribution is 7.99. The first-order chi connectivity index (χ1) is 12.1. The largest absolute Gasteiger partial charge is 0.301 e. The van der Waals surface area contributed by atoms with Crippen molar-refractivity contribution in [3.63, 3.8) is 0 Å². The standard InChI is InChI=1S/C18H14F2N2OS2/c19-14-7-6-13(8-15(14)20)16-10-25-18(21-16)22-17(23)11-24-9-12-4-2-1-3-5-12/h1-8,10H,9,11H2,(H,21,22,23). The van der Waals surface area contributed by atoms with Crippen molar-refractivity contribution in [2.75, 3.05) is 11.1 Å². The maximum Gasteiger partial charge on any atom is 0.236 e. The Kier molecular flexibility index (Phi) is 5.78. The van der Waals surface area contributed by atoms with Crippen molar-refractivity contribution < 1.29 is 13.6 Å². The van der Waals surface area contributed by atoms with Crippen LogP contribution in [0.25, 0.3) is 11.3 Å². The summed E-state index contributed by atoms with van der Waals surface area (Å²) in [5.41, 5.74) is 2.13. The molecule has 2 aromatic carbocycles. The normalized spacial score (nSPS) is 10.6. The van der Waals surface area contributed by atoms with Gasteiger partial charge in [-0.3, -0.25) is 4.79 Å². The van der Waals surface area contributed by atoms with Crippen LogP contribution in [0.2, 0.25) is 0 Å². The molecule has 0 aliphatic rings. The van der Waals surface area contributed by atoms with Crippen molar-refractivity contribution in [3.8, 4) is 11.3 Å². The van der Waals surface area contributed by atoms with E-state index in [1.807, 2.05) is 30.3 Å². The topological polar surface area (TPSA) is 42.0 Å². The second kappa shape index (κ2) is 8.22. The molecule has 0 atom stereocenters. The zero-order valence-corrected chi connectivity index (χ0v) is 14.7. The summed E-state index contributed by atoms with van der Waals surface area (Å²) in [6.45, 7) is 0. The van der Waals surface area contributed by atoms with Gasteiger partial charge in [-0.25, -0.2) is 13.8 Å². The number of rotatable bonds is 6. The summed E-state index contributed by atoms with van der Waals surface area (Å²) >= 11 is 2.76. The van der Waals surface area contributed by atoms with Crippen LogP contribution < -0.4 is 5.32 Å². The molecule has 0 fully saturated rings. The Hall–Kier alpha value is -2.25. The molecule has 1 amide bonds. The predicted molar refractivity (Wildman–Crippen MR) is 98.7 cm³/mol. The minimum Gasteiger partial charge on any atom is -0.301 e. The lowest BCUT2D eigenvalue weighted by Gasteiger charge is -2.02. The van der Waals surface area contributed by atoms with Crippen molar-refractivity contribution in [3.05, 3.63) is 71.1 Å². The molecule has 25 heavy (non-hydrogen) atoms. The van der Waals surface area contributed by atoms with Crippen LogP contribution in [-0.2, 0) is 10.5 Å². The first-order valence-corrected chi connectivity index (χ1v) is 9.48. The number of benzene rings is 2. The SMILES string of the molecule is O=C(CSCc1ccccc1)Nc1nc(-c2ccc(F)c(F)c2)cs1. The smallest absolute Gasteiger partial charge is 0.236 e. The molecular formula is C18H14F2N2OS2. The lowest BCUT2D eigenvalue weighted by Crippen LogP contribution is -2.13. The molecule has 0 spiro atoms. The molecule has 1 aromatic heterocycles. The third-order valence-electron chi connectivity index (χ3n) is 3.31. The van der Waals surface area contributed by atoms with E-state index in [1.165, 1.54) is 29.2 Å². The van der Waals surface area contributed by atoms with E-state index in [0.717, 1.165) is 23.4 Å². The fourth-order valence-electron chi connectivity index (χ4n) is 2.11. The van der Waals surface area contributed by atoms with Crippen molar-refractivity contribution in [2.24, 2.45) is 0 Å². The molecule has 0 aliphatic heterocycles. The first kappa shape index (κ1) is 17.6. The molecule has 0 bridgehead atoms. The molecule has 0 aliphatic carbocycles. The second-order valence-corrected chi connectivity index (χ2v) is 7.04. The predicted octanol–water partition coefficient (Wildman–Crippen LogP) is 4.96. The zero-order chi connectivity index (χ0) is 17.6. The molecule has 1 N–H and O–H groups in total. The fraction of sp³-hybridized carbons (Fsp3) is 0.111. The maximum absolute atomic E-state index is 13.3. The summed E-state index contributed by atoms with van der Waals surface area (Å²) in [6, 6.07) is 13.5. The quantitative estimate of drug-likeness (QED) is 0.661. The second-order valence-electron chi connectivity index (χ2n) is 5.19. The summed E-state index contributed by atoms with van der Waals surface area (Å²) < 4.78 is 26.3. The van der Waals surface area contributed by atoms with E-state index in [2.05, 4.69) is 10.3 Å². The van der Waals surface area contributed by atoms with Gasteiger partial charge in [-0.05, 0) is 23.8 Å². The molecule has 3 aromatic rings. The van der Waals surface area contributed by atoms with Crippen LogP contribution in [0.3, 0.4) is 0 Å². The van der Waals surface area contributed by atoms with Gasteiger partial charge in [-0.1, -0.05) is 30.3 Å². The molecular weight excluding hydrogens is 362 g/mol. The number of carbonyl (C=O) groups is 1. The van der Waals surface area contributed by atoms with E-state index in [1.54, 1.807) is 5.38 Å². The van der Waals surface area contributed by atoms with Gasteiger partial charge in [0.25, 0.3) is 0 Å². The van der Waals surface area contributed by atoms with Gasteiger partial charge < -0.3 is 5.32 Å². The first-order valence-electron chi connectivity index (χ1n) is 7.44. The summed E-state index contributed by atoms with van der Waals surface area (Å²) in [5.74, 6) is -0.898. The number of thioether (sulfide) groups is 1. The highest BCUT2D eigenvalue weighted by atomic mass is 32.2. The molecule has 3 nitrogen and oxygen atoms in total. The third-order valence-corrected chi connectivity index (χ3v) is 5.07. The van der Waals surface area contributed by atoms with Crippen LogP contribution in [-0.4, -0.2) is 16.6 Å². The number of thiazole rings is 1. The fourth-order valence-corrected chi connectivity index (χ4v) is 3.63. The van der Waals surface area contributed by atoms with Crippen molar-refractivity contribution in [2.45, 2.75) is 5.75 Å². The number of anilines is 1. The molecule has 3 rings (SSSR count). The number of nitrogens with zero attached hydrogens (tertiary/aromatic N) is 1. The average Bonchev–Trinajstić information content (AvgIpc) is 3.06. The number of amides is 1. The van der Waals surface area contributed by atoms with E-state index in [-0.39, 0.29) is 5.91 Å². The van der Waals surface area contributed by atoms with E-state index in [9.17, 15) is 13.6 Å². The van der Waals surface area contributed by atoms with E-state index >= 15 is 0 Å². The van der Waals surface area contributed by atoms with Crippen molar-refractivity contribution in [1.29, 1.82) is 0 Å². The van der Waals surface area contributed by atoms with Crippen LogP contribution in [0.1, 0.15) is 5.56 Å². The van der Waals surface area contributed by atoms with Crippen LogP contribution in [0.15, 0.2) is 53.9 Å². The number of aromatic nitrogens is 1. The van der Waals surface area contributed by atoms with Crippen molar-refractivity contribution >= 4 is 34.1 Å². The van der Waals surface area contributed by atoms with Gasteiger partial charge in [-0.2, -0.15) is 0 Å². The number of nitrogens with one attached hydrogen (secondary N) is 1. The number of carbonyl (C=O) groups excluding carboxylic acids is 1. The van der Waals surface area contributed by atoms with Crippen LogP contribution in [0.4, 0.5) is 13.9 Å². The van der Waals surface area contributed by atoms with Crippen LogP contribution in [0.5, 0.6) is 0 Å². The Morgan fingerprint density at radius 1 is 1.12 bits per heavy atom. The minimum absolute atomic E-state index is 0.146. The molecule has 0 saturated heterocycles. The molecule has 0 radical (unpaired) electrons. The Morgan fingerprint density at radius 3 is 2.68 bits per heavy atom. The Morgan fingerprint density at radius 2 is 1.92 bits per heavy atom. The summed E-state index contributed by atoms with van der Waals surface area (Å²) in [5, 5.41) is 4.85. The number of halogens is 2. The Bertz CT molecular complexity index is 869. The number of hydrogen-bond acceptors (Lipinski definition) is 4. The number of hydrogen-bond donors (Lipinski definition) is 1. The van der Waals surface area contributed by atoms with Crippen molar-refractivity contribution in [1.82, 2.24) is 4.98 Å². The van der Waals surface area contributed by atoms with Gasteiger partial charge in [0, 0.05) is 16.7 Å². The lowest BCUT2D eigenvalue weighted by molar-refractivity contribution is -0.113.